The first-order chi connectivity index (χ1) is 7.12. The Hall–Kier alpha value is -0.940. The summed E-state index contributed by atoms with van der Waals surface area (Å²) < 4.78 is 0. The van der Waals surface area contributed by atoms with Crippen LogP contribution in [0.1, 0.15) is 23.5 Å². The van der Waals surface area contributed by atoms with Crippen molar-refractivity contribution in [2.45, 2.75) is 31.7 Å². The van der Waals surface area contributed by atoms with Crippen LogP contribution in [0.4, 0.5) is 0 Å². The summed E-state index contributed by atoms with van der Waals surface area (Å²) in [6.45, 7) is 2.72. The molecule has 5 heteroatoms. The lowest BCUT2D eigenvalue weighted by Gasteiger charge is -2.23. The minimum atomic E-state index is -0.777. The summed E-state index contributed by atoms with van der Waals surface area (Å²) in [4.78, 5) is 15.6. The van der Waals surface area contributed by atoms with Crippen LogP contribution in [0, 0.1) is 6.92 Å². The molecule has 1 aromatic rings. The molecule has 15 heavy (non-hydrogen) atoms. The van der Waals surface area contributed by atoms with Crippen molar-refractivity contribution < 1.29 is 9.90 Å². The molecule has 0 saturated carbocycles. The second-order valence-corrected chi connectivity index (χ2v) is 5.01. The molecule has 1 unspecified atom stereocenters. The Morgan fingerprint density at radius 2 is 2.60 bits per heavy atom. The third kappa shape index (κ3) is 2.03. The topological polar surface area (TPSA) is 62.2 Å². The lowest BCUT2D eigenvalue weighted by molar-refractivity contribution is -0.144. The zero-order valence-corrected chi connectivity index (χ0v) is 9.43. The summed E-state index contributed by atoms with van der Waals surface area (Å²) in [5, 5.41) is 15.3. The lowest BCUT2D eigenvalue weighted by atomic mass is 9.92. The second kappa shape index (κ2) is 3.90. The van der Waals surface area contributed by atoms with Crippen LogP contribution in [0.15, 0.2) is 5.38 Å². The fourth-order valence-corrected chi connectivity index (χ4v) is 2.63. The van der Waals surface area contributed by atoms with Gasteiger partial charge in [-0.25, -0.2) is 4.98 Å². The number of hydrogen-bond donors (Lipinski definition) is 2. The summed E-state index contributed by atoms with van der Waals surface area (Å²) >= 11 is 1.57. The van der Waals surface area contributed by atoms with Gasteiger partial charge >= 0.3 is 5.97 Å². The highest BCUT2D eigenvalue weighted by Crippen LogP contribution is 2.25. The van der Waals surface area contributed by atoms with Gasteiger partial charge in [0.15, 0.2) is 0 Å². The number of carboxylic acid groups (broad SMARTS) is 1. The van der Waals surface area contributed by atoms with Gasteiger partial charge in [-0.2, -0.15) is 0 Å². The van der Waals surface area contributed by atoms with Crippen LogP contribution in [0.2, 0.25) is 0 Å². The molecule has 4 nitrogen and oxygen atoms in total. The number of aromatic nitrogens is 1. The predicted octanol–water partition coefficient (Wildman–Crippen LogP) is 1.20. The van der Waals surface area contributed by atoms with E-state index in [2.05, 4.69) is 10.3 Å². The van der Waals surface area contributed by atoms with E-state index >= 15 is 0 Å². The van der Waals surface area contributed by atoms with Gasteiger partial charge in [0.1, 0.15) is 5.54 Å². The van der Waals surface area contributed by atoms with Crippen LogP contribution in [-0.2, 0) is 11.2 Å². The highest BCUT2D eigenvalue weighted by atomic mass is 32.1. The Labute approximate surface area is 92.3 Å². The SMILES string of the molecule is Cc1nc(CC2(C(=O)O)CCCN2)cs1. The number of hydrogen-bond acceptors (Lipinski definition) is 4. The molecule has 2 rings (SSSR count). The van der Waals surface area contributed by atoms with Gasteiger partial charge in [0.25, 0.3) is 0 Å². The number of aliphatic carboxylic acids is 1. The molecule has 0 aliphatic carbocycles. The first-order valence-electron chi connectivity index (χ1n) is 5.02. The Kier molecular flexibility index (Phi) is 2.75. The maximum atomic E-state index is 11.2. The van der Waals surface area contributed by atoms with Gasteiger partial charge in [-0.05, 0) is 26.3 Å². The van der Waals surface area contributed by atoms with E-state index in [0.717, 1.165) is 23.7 Å². The van der Waals surface area contributed by atoms with E-state index < -0.39 is 11.5 Å². The number of nitrogens with zero attached hydrogens (tertiary/aromatic N) is 1. The number of carboxylic acids is 1. The summed E-state index contributed by atoms with van der Waals surface area (Å²) in [6, 6.07) is 0. The molecule has 0 amide bonds. The van der Waals surface area contributed by atoms with Crippen molar-refractivity contribution in [1.82, 2.24) is 10.3 Å². The molecular weight excluding hydrogens is 212 g/mol. The molecule has 82 valence electrons. The standard InChI is InChI=1S/C10H14N2O2S/c1-7-12-8(6-15-7)5-10(9(13)14)3-2-4-11-10/h6,11H,2-5H2,1H3,(H,13,14). The van der Waals surface area contributed by atoms with Gasteiger partial charge < -0.3 is 10.4 Å². The maximum Gasteiger partial charge on any atom is 0.324 e. The predicted molar refractivity (Wildman–Crippen MR) is 58.2 cm³/mol. The van der Waals surface area contributed by atoms with E-state index in [1.165, 1.54) is 0 Å². The van der Waals surface area contributed by atoms with Gasteiger partial charge in [0.05, 0.1) is 10.7 Å². The number of nitrogens with one attached hydrogen (secondary N) is 1. The van der Waals surface area contributed by atoms with E-state index in [0.29, 0.717) is 12.8 Å². The van der Waals surface area contributed by atoms with Crippen molar-refractivity contribution in [1.29, 1.82) is 0 Å². The molecule has 0 bridgehead atoms. The number of rotatable bonds is 3. The average molecular weight is 226 g/mol. The van der Waals surface area contributed by atoms with Crippen LogP contribution in [0.25, 0.3) is 0 Å². The largest absolute Gasteiger partial charge is 0.480 e. The molecule has 0 spiro atoms. The van der Waals surface area contributed by atoms with E-state index in [1.807, 2.05) is 12.3 Å². The molecule has 0 aromatic carbocycles. The third-order valence-electron chi connectivity index (χ3n) is 2.80. The van der Waals surface area contributed by atoms with Crippen molar-refractivity contribution in [2.24, 2.45) is 0 Å². The zero-order chi connectivity index (χ0) is 10.9. The van der Waals surface area contributed by atoms with E-state index in [9.17, 15) is 9.90 Å². The summed E-state index contributed by atoms with van der Waals surface area (Å²) in [5.74, 6) is -0.759. The molecule has 1 aliphatic rings. The van der Waals surface area contributed by atoms with Crippen molar-refractivity contribution in [3.63, 3.8) is 0 Å². The third-order valence-corrected chi connectivity index (χ3v) is 3.62. The van der Waals surface area contributed by atoms with Gasteiger partial charge in [0, 0.05) is 11.8 Å². The highest BCUT2D eigenvalue weighted by Gasteiger charge is 2.41. The molecule has 1 fully saturated rings. The molecule has 2 N–H and O–H groups in total. The molecule has 1 saturated heterocycles. The van der Waals surface area contributed by atoms with Gasteiger partial charge in [-0.1, -0.05) is 0 Å². The first kappa shape index (κ1) is 10.6. The quantitative estimate of drug-likeness (QED) is 0.813. The van der Waals surface area contributed by atoms with Crippen molar-refractivity contribution in [3.8, 4) is 0 Å². The monoisotopic (exact) mass is 226 g/mol. The number of thiazole rings is 1. The summed E-state index contributed by atoms with van der Waals surface area (Å²) in [6.07, 6.45) is 2.11. The molecule has 1 aliphatic heterocycles. The van der Waals surface area contributed by atoms with Crippen molar-refractivity contribution in [3.05, 3.63) is 16.1 Å². The lowest BCUT2D eigenvalue weighted by Crippen LogP contribution is -2.49. The van der Waals surface area contributed by atoms with Crippen LogP contribution in [0.3, 0.4) is 0 Å². The zero-order valence-electron chi connectivity index (χ0n) is 8.62. The summed E-state index contributed by atoms with van der Waals surface area (Å²) in [7, 11) is 0. The Morgan fingerprint density at radius 3 is 3.07 bits per heavy atom. The van der Waals surface area contributed by atoms with Crippen molar-refractivity contribution in [2.75, 3.05) is 6.54 Å². The molecule has 1 atom stereocenters. The highest BCUT2D eigenvalue weighted by molar-refractivity contribution is 7.09. The fraction of sp³-hybridized carbons (Fsp3) is 0.600. The maximum absolute atomic E-state index is 11.2. The normalized spacial score (nSPS) is 25.7. The van der Waals surface area contributed by atoms with Gasteiger partial charge in [-0.3, -0.25) is 4.79 Å². The van der Waals surface area contributed by atoms with E-state index in [-0.39, 0.29) is 0 Å². The Morgan fingerprint density at radius 1 is 1.80 bits per heavy atom. The Bertz CT molecular complexity index is 369. The minimum absolute atomic E-state index is 0.493. The average Bonchev–Trinajstić information content (AvgIpc) is 2.77. The number of carbonyl (C=O) groups is 1. The van der Waals surface area contributed by atoms with E-state index in [4.69, 9.17) is 0 Å². The van der Waals surface area contributed by atoms with Crippen molar-refractivity contribution >= 4 is 17.3 Å². The Balaban J connectivity index is 2.17. The number of aryl methyl sites for hydroxylation is 1. The smallest absolute Gasteiger partial charge is 0.324 e. The first-order valence-corrected chi connectivity index (χ1v) is 5.90. The van der Waals surface area contributed by atoms with E-state index in [1.54, 1.807) is 11.3 Å². The molecule has 0 radical (unpaired) electrons. The summed E-state index contributed by atoms with van der Waals surface area (Å²) in [5.41, 5.74) is 0.106. The van der Waals surface area contributed by atoms with Crippen LogP contribution < -0.4 is 5.32 Å². The van der Waals surface area contributed by atoms with Gasteiger partial charge in [0.2, 0.25) is 0 Å². The van der Waals surface area contributed by atoms with Crippen LogP contribution >= 0.6 is 11.3 Å². The fourth-order valence-electron chi connectivity index (χ4n) is 2.01. The van der Waals surface area contributed by atoms with Gasteiger partial charge in [-0.15, -0.1) is 11.3 Å². The molecule has 1 aromatic heterocycles. The molecular formula is C10H14N2O2S. The van der Waals surface area contributed by atoms with Crippen LogP contribution in [0.5, 0.6) is 0 Å². The second-order valence-electron chi connectivity index (χ2n) is 3.95. The molecule has 2 heterocycles. The van der Waals surface area contributed by atoms with Crippen LogP contribution in [-0.4, -0.2) is 28.1 Å². The minimum Gasteiger partial charge on any atom is -0.480 e.